The van der Waals surface area contributed by atoms with E-state index >= 15 is 0 Å². The Kier molecular flexibility index (Phi) is 3.99. The van der Waals surface area contributed by atoms with Crippen molar-refractivity contribution in [1.29, 1.82) is 0 Å². The lowest BCUT2D eigenvalue weighted by Gasteiger charge is -2.13. The molecule has 1 amide bonds. The number of carbonyl (C=O) groups excluding carboxylic acids is 1. The summed E-state index contributed by atoms with van der Waals surface area (Å²) in [6.07, 6.45) is 0.280. The van der Waals surface area contributed by atoms with Crippen LogP contribution in [0.25, 0.3) is 0 Å². The van der Waals surface area contributed by atoms with Gasteiger partial charge in [0.25, 0.3) is 5.69 Å². The molecule has 0 bridgehead atoms. The lowest BCUT2D eigenvalue weighted by atomic mass is 10.1. The van der Waals surface area contributed by atoms with Gasteiger partial charge in [-0.1, -0.05) is 12.1 Å². The van der Waals surface area contributed by atoms with Gasteiger partial charge >= 0.3 is 0 Å². The number of hydrogen-bond acceptors (Lipinski definition) is 3. The molecule has 0 heterocycles. The number of carbonyl (C=O) groups is 1. The van der Waals surface area contributed by atoms with Crippen molar-refractivity contribution in [3.05, 3.63) is 39.9 Å². The number of benzene rings is 1. The number of non-ortho nitro benzene ring substituents is 1. The van der Waals surface area contributed by atoms with Crippen molar-refractivity contribution in [2.45, 2.75) is 13.3 Å². The van der Waals surface area contributed by atoms with Crippen LogP contribution in [0.4, 0.5) is 5.69 Å². The molecule has 0 saturated carbocycles. The molecule has 1 aromatic rings. The lowest BCUT2D eigenvalue weighted by Crippen LogP contribution is -2.27. The second-order valence-electron chi connectivity index (χ2n) is 3.51. The zero-order chi connectivity index (χ0) is 12.1. The minimum Gasteiger partial charge on any atom is -0.346 e. The molecule has 0 fully saturated rings. The first-order valence-electron chi connectivity index (χ1n) is 5.02. The zero-order valence-electron chi connectivity index (χ0n) is 9.34. The second-order valence-corrected chi connectivity index (χ2v) is 3.51. The highest BCUT2D eigenvalue weighted by Gasteiger charge is 2.09. The minimum absolute atomic E-state index is 0.0105. The van der Waals surface area contributed by atoms with E-state index < -0.39 is 4.92 Å². The van der Waals surface area contributed by atoms with Crippen molar-refractivity contribution in [1.82, 2.24) is 4.90 Å². The van der Waals surface area contributed by atoms with Gasteiger partial charge in [-0.05, 0) is 12.5 Å². The first-order chi connectivity index (χ1) is 7.54. The second kappa shape index (κ2) is 5.25. The molecule has 1 rings (SSSR count). The molecule has 1 aromatic carbocycles. The third kappa shape index (κ3) is 3.05. The first-order valence-corrected chi connectivity index (χ1v) is 5.02. The molecule has 86 valence electrons. The number of nitro groups is 1. The summed E-state index contributed by atoms with van der Waals surface area (Å²) in [4.78, 5) is 23.1. The largest absolute Gasteiger partial charge is 0.346 e. The van der Waals surface area contributed by atoms with Crippen molar-refractivity contribution >= 4 is 11.6 Å². The summed E-state index contributed by atoms with van der Waals surface area (Å²) in [5.74, 6) is 0.0105. The third-order valence-electron chi connectivity index (χ3n) is 2.40. The Morgan fingerprint density at radius 3 is 2.38 bits per heavy atom. The van der Waals surface area contributed by atoms with Crippen LogP contribution in [-0.2, 0) is 11.2 Å². The fourth-order valence-corrected chi connectivity index (χ4v) is 1.22. The summed E-state index contributed by atoms with van der Waals surface area (Å²) < 4.78 is 0. The molecule has 5 heteroatoms. The fourth-order valence-electron chi connectivity index (χ4n) is 1.22. The van der Waals surface area contributed by atoms with E-state index in [-0.39, 0.29) is 18.0 Å². The van der Waals surface area contributed by atoms with E-state index in [2.05, 4.69) is 0 Å². The highest BCUT2D eigenvalue weighted by atomic mass is 16.6. The number of hydrogen-bond donors (Lipinski definition) is 0. The van der Waals surface area contributed by atoms with Gasteiger partial charge in [0, 0.05) is 25.7 Å². The molecule has 0 unspecified atom stereocenters. The van der Waals surface area contributed by atoms with Crippen LogP contribution < -0.4 is 0 Å². The average molecular weight is 222 g/mol. The van der Waals surface area contributed by atoms with Crippen LogP contribution in [-0.4, -0.2) is 29.3 Å². The molecule has 0 N–H and O–H groups in total. The summed E-state index contributed by atoms with van der Waals surface area (Å²) in [5.41, 5.74) is 0.830. The van der Waals surface area contributed by atoms with Crippen molar-refractivity contribution in [2.75, 3.05) is 13.6 Å². The Morgan fingerprint density at radius 1 is 1.38 bits per heavy atom. The lowest BCUT2D eigenvalue weighted by molar-refractivity contribution is -0.384. The maximum absolute atomic E-state index is 11.6. The fraction of sp³-hybridized carbons (Fsp3) is 0.364. The quantitative estimate of drug-likeness (QED) is 0.574. The minimum atomic E-state index is -0.455. The van der Waals surface area contributed by atoms with Gasteiger partial charge < -0.3 is 4.90 Å². The van der Waals surface area contributed by atoms with E-state index in [1.807, 2.05) is 6.92 Å². The topological polar surface area (TPSA) is 63.5 Å². The van der Waals surface area contributed by atoms with Crippen LogP contribution in [0.1, 0.15) is 12.5 Å². The van der Waals surface area contributed by atoms with Crippen LogP contribution in [0.3, 0.4) is 0 Å². The van der Waals surface area contributed by atoms with Crippen LogP contribution in [0.5, 0.6) is 0 Å². The van der Waals surface area contributed by atoms with Crippen LogP contribution in [0.15, 0.2) is 24.3 Å². The molecule has 0 aliphatic carbocycles. The van der Waals surface area contributed by atoms with Gasteiger partial charge in [-0.3, -0.25) is 14.9 Å². The van der Waals surface area contributed by atoms with Crippen molar-refractivity contribution in [3.63, 3.8) is 0 Å². The molecule has 0 aromatic heterocycles. The Labute approximate surface area is 93.8 Å². The molecule has 0 atom stereocenters. The van der Waals surface area contributed by atoms with E-state index in [0.717, 1.165) is 5.56 Å². The summed E-state index contributed by atoms with van der Waals surface area (Å²) in [5, 5.41) is 10.4. The van der Waals surface area contributed by atoms with Gasteiger partial charge in [-0.15, -0.1) is 0 Å². The standard InChI is InChI=1S/C11H14N2O3/c1-3-12(2)11(14)8-9-4-6-10(7-5-9)13(15)16/h4-7H,3,8H2,1-2H3. The van der Waals surface area contributed by atoms with Gasteiger partial charge in [0.05, 0.1) is 11.3 Å². The highest BCUT2D eigenvalue weighted by Crippen LogP contribution is 2.12. The van der Waals surface area contributed by atoms with E-state index in [9.17, 15) is 14.9 Å². The van der Waals surface area contributed by atoms with Crippen molar-refractivity contribution in [3.8, 4) is 0 Å². The Morgan fingerprint density at radius 2 is 1.94 bits per heavy atom. The zero-order valence-corrected chi connectivity index (χ0v) is 9.34. The first kappa shape index (κ1) is 12.2. The predicted molar refractivity (Wildman–Crippen MR) is 60.1 cm³/mol. The van der Waals surface area contributed by atoms with E-state index in [0.29, 0.717) is 6.54 Å². The van der Waals surface area contributed by atoms with Gasteiger partial charge in [-0.25, -0.2) is 0 Å². The maximum Gasteiger partial charge on any atom is 0.269 e. The van der Waals surface area contributed by atoms with Gasteiger partial charge in [-0.2, -0.15) is 0 Å². The molecule has 0 spiro atoms. The van der Waals surface area contributed by atoms with E-state index in [1.54, 1.807) is 24.1 Å². The SMILES string of the molecule is CCN(C)C(=O)Cc1ccc([N+](=O)[O-])cc1. The Balaban J connectivity index is 2.69. The normalized spacial score (nSPS) is 9.88. The number of nitrogens with zero attached hydrogens (tertiary/aromatic N) is 2. The molecule has 0 radical (unpaired) electrons. The van der Waals surface area contributed by atoms with Gasteiger partial charge in [0.1, 0.15) is 0 Å². The van der Waals surface area contributed by atoms with Crippen molar-refractivity contribution < 1.29 is 9.72 Å². The van der Waals surface area contributed by atoms with Crippen molar-refractivity contribution in [2.24, 2.45) is 0 Å². The summed E-state index contributed by atoms with van der Waals surface area (Å²) in [6, 6.07) is 6.04. The summed E-state index contributed by atoms with van der Waals surface area (Å²) >= 11 is 0. The highest BCUT2D eigenvalue weighted by molar-refractivity contribution is 5.78. The molecule has 0 aliphatic heterocycles. The molecular formula is C11H14N2O3. The number of rotatable bonds is 4. The maximum atomic E-state index is 11.6. The molecular weight excluding hydrogens is 208 g/mol. The summed E-state index contributed by atoms with van der Waals surface area (Å²) in [6.45, 7) is 2.56. The average Bonchev–Trinajstić information content (AvgIpc) is 2.28. The molecule has 0 aliphatic rings. The molecule has 0 saturated heterocycles. The third-order valence-corrected chi connectivity index (χ3v) is 2.40. The van der Waals surface area contributed by atoms with Gasteiger partial charge in [0.15, 0.2) is 0 Å². The Hall–Kier alpha value is -1.91. The van der Waals surface area contributed by atoms with Crippen LogP contribution in [0.2, 0.25) is 0 Å². The smallest absolute Gasteiger partial charge is 0.269 e. The van der Waals surface area contributed by atoms with E-state index in [1.165, 1.54) is 12.1 Å². The van der Waals surface area contributed by atoms with Gasteiger partial charge in [0.2, 0.25) is 5.91 Å². The van der Waals surface area contributed by atoms with E-state index in [4.69, 9.17) is 0 Å². The molecule has 16 heavy (non-hydrogen) atoms. The Bertz CT molecular complexity index is 387. The number of likely N-dealkylation sites (N-methyl/N-ethyl adjacent to an activating group) is 1. The monoisotopic (exact) mass is 222 g/mol. The van der Waals surface area contributed by atoms with Crippen LogP contribution >= 0.6 is 0 Å². The predicted octanol–water partition coefficient (Wildman–Crippen LogP) is 1.62. The summed E-state index contributed by atoms with van der Waals surface area (Å²) in [7, 11) is 1.73. The molecule has 5 nitrogen and oxygen atoms in total. The number of amides is 1. The number of nitro benzene ring substituents is 1. The van der Waals surface area contributed by atoms with Crippen LogP contribution in [0, 0.1) is 10.1 Å².